The number of nitrogens with zero attached hydrogens (tertiary/aromatic N) is 5. The quantitative estimate of drug-likeness (QED) is 0.392. The number of amides is 2. The van der Waals surface area contributed by atoms with Gasteiger partial charge in [0.25, 0.3) is 0 Å². The SMILES string of the molecule is COC(=O)N1CCCC(Nc2ncc3nc(Nc4c(Cl)cccc4Cl)n([C@H]4CC[C@@H](C(N)=O)CC4)c3n2)C1. The predicted molar refractivity (Wildman–Crippen MR) is 146 cm³/mol. The van der Waals surface area contributed by atoms with Crippen LogP contribution in [0.5, 0.6) is 0 Å². The van der Waals surface area contributed by atoms with Gasteiger partial charge in [0.1, 0.15) is 5.52 Å². The smallest absolute Gasteiger partial charge is 0.409 e. The first kappa shape index (κ1) is 26.3. The Balaban J connectivity index is 1.47. The lowest BCUT2D eigenvalue weighted by Crippen LogP contribution is -2.45. The molecule has 2 aromatic heterocycles. The normalized spacial score (nSPS) is 21.8. The van der Waals surface area contributed by atoms with Crippen LogP contribution in [0.3, 0.4) is 0 Å². The molecule has 4 N–H and O–H groups in total. The van der Waals surface area contributed by atoms with Crippen molar-refractivity contribution >= 4 is 64.0 Å². The minimum atomic E-state index is -0.341. The van der Waals surface area contributed by atoms with Gasteiger partial charge < -0.3 is 26.0 Å². The fraction of sp³-hybridized carbons (Fsp3) is 0.480. The summed E-state index contributed by atoms with van der Waals surface area (Å²) in [6.45, 7) is 1.16. The Morgan fingerprint density at radius 2 is 1.84 bits per heavy atom. The Morgan fingerprint density at radius 1 is 1.11 bits per heavy atom. The van der Waals surface area contributed by atoms with E-state index >= 15 is 0 Å². The van der Waals surface area contributed by atoms with Gasteiger partial charge >= 0.3 is 6.09 Å². The Kier molecular flexibility index (Phi) is 7.75. The molecule has 1 unspecified atom stereocenters. The molecule has 3 aromatic rings. The van der Waals surface area contributed by atoms with Crippen molar-refractivity contribution in [1.29, 1.82) is 0 Å². The summed E-state index contributed by atoms with van der Waals surface area (Å²) >= 11 is 12.9. The molecule has 1 saturated heterocycles. The third kappa shape index (κ3) is 5.44. The van der Waals surface area contributed by atoms with Crippen LogP contribution in [0.15, 0.2) is 24.4 Å². The van der Waals surface area contributed by atoms with Gasteiger partial charge in [-0.15, -0.1) is 0 Å². The topological polar surface area (TPSA) is 140 Å². The van der Waals surface area contributed by atoms with Crippen molar-refractivity contribution < 1.29 is 14.3 Å². The van der Waals surface area contributed by atoms with Crippen molar-refractivity contribution in [2.24, 2.45) is 11.7 Å². The number of likely N-dealkylation sites (tertiary alicyclic amines) is 1. The molecular weight excluding hydrogens is 531 g/mol. The number of primary amides is 1. The number of piperidine rings is 1. The summed E-state index contributed by atoms with van der Waals surface area (Å²) in [6.07, 6.45) is 5.93. The molecule has 1 aromatic carbocycles. The van der Waals surface area contributed by atoms with Crippen LogP contribution in [-0.2, 0) is 9.53 Å². The zero-order chi connectivity index (χ0) is 26.8. The zero-order valence-corrected chi connectivity index (χ0v) is 22.5. The van der Waals surface area contributed by atoms with Crippen LogP contribution in [0.2, 0.25) is 10.0 Å². The van der Waals surface area contributed by atoms with E-state index in [2.05, 4.69) is 15.6 Å². The molecule has 2 fully saturated rings. The van der Waals surface area contributed by atoms with E-state index in [1.54, 1.807) is 29.3 Å². The van der Waals surface area contributed by atoms with Crippen LogP contribution in [0.25, 0.3) is 11.2 Å². The number of fused-ring (bicyclic) bond motifs is 1. The zero-order valence-electron chi connectivity index (χ0n) is 21.0. The number of nitrogens with two attached hydrogens (primary N) is 1. The van der Waals surface area contributed by atoms with Crippen molar-refractivity contribution in [2.45, 2.75) is 50.6 Å². The van der Waals surface area contributed by atoms with E-state index < -0.39 is 0 Å². The maximum atomic E-state index is 12.0. The largest absolute Gasteiger partial charge is 0.453 e. The number of hydrogen-bond acceptors (Lipinski definition) is 8. The predicted octanol–water partition coefficient (Wildman–Crippen LogP) is 4.74. The molecule has 11 nitrogen and oxygen atoms in total. The minimum Gasteiger partial charge on any atom is -0.453 e. The molecule has 1 aliphatic carbocycles. The summed E-state index contributed by atoms with van der Waals surface area (Å²) in [5, 5.41) is 7.61. The molecule has 13 heteroatoms. The van der Waals surface area contributed by atoms with E-state index in [0.29, 0.717) is 64.7 Å². The molecule has 3 heterocycles. The number of imidazole rings is 1. The van der Waals surface area contributed by atoms with E-state index in [1.807, 2.05) is 4.57 Å². The number of hydrogen-bond donors (Lipinski definition) is 3. The number of halogens is 2. The first-order valence-corrected chi connectivity index (χ1v) is 13.4. The first-order valence-electron chi connectivity index (χ1n) is 12.7. The van der Waals surface area contributed by atoms with Gasteiger partial charge in [0, 0.05) is 31.1 Å². The summed E-state index contributed by atoms with van der Waals surface area (Å²) in [5.74, 6) is 0.593. The highest BCUT2D eigenvalue weighted by molar-refractivity contribution is 6.39. The minimum absolute atomic E-state index is 0.0118. The second-order valence-corrected chi connectivity index (χ2v) is 10.6. The number of para-hydroxylation sites is 1. The Morgan fingerprint density at radius 3 is 2.53 bits per heavy atom. The Bertz CT molecular complexity index is 1320. The molecule has 0 spiro atoms. The van der Waals surface area contributed by atoms with Crippen molar-refractivity contribution in [3.05, 3.63) is 34.4 Å². The van der Waals surface area contributed by atoms with E-state index in [0.717, 1.165) is 25.7 Å². The Hall–Kier alpha value is -3.31. The fourth-order valence-electron chi connectivity index (χ4n) is 5.31. The maximum absolute atomic E-state index is 12.0. The summed E-state index contributed by atoms with van der Waals surface area (Å²) < 4.78 is 6.92. The van der Waals surface area contributed by atoms with Gasteiger partial charge in [-0.1, -0.05) is 29.3 Å². The third-order valence-electron chi connectivity index (χ3n) is 7.28. The summed E-state index contributed by atoms with van der Waals surface area (Å²) in [7, 11) is 1.38. The monoisotopic (exact) mass is 560 g/mol. The third-order valence-corrected chi connectivity index (χ3v) is 7.91. The van der Waals surface area contributed by atoms with Gasteiger partial charge in [0.2, 0.25) is 17.8 Å². The van der Waals surface area contributed by atoms with Gasteiger partial charge in [-0.3, -0.25) is 9.36 Å². The lowest BCUT2D eigenvalue weighted by Gasteiger charge is -2.32. The van der Waals surface area contributed by atoms with Gasteiger partial charge in [-0.05, 0) is 50.7 Å². The number of rotatable bonds is 6. The lowest BCUT2D eigenvalue weighted by atomic mass is 9.85. The van der Waals surface area contributed by atoms with Crippen LogP contribution in [0.1, 0.15) is 44.6 Å². The van der Waals surface area contributed by atoms with Crippen molar-refractivity contribution in [1.82, 2.24) is 24.4 Å². The molecule has 2 aliphatic rings. The van der Waals surface area contributed by atoms with Crippen LogP contribution >= 0.6 is 23.2 Å². The van der Waals surface area contributed by atoms with E-state index in [-0.39, 0.29) is 30.0 Å². The van der Waals surface area contributed by atoms with Crippen molar-refractivity contribution in [3.63, 3.8) is 0 Å². The summed E-state index contributed by atoms with van der Waals surface area (Å²) in [5.41, 5.74) is 7.38. The highest BCUT2D eigenvalue weighted by Gasteiger charge is 2.30. The molecule has 202 valence electrons. The fourth-order valence-corrected chi connectivity index (χ4v) is 5.81. The van der Waals surface area contributed by atoms with E-state index in [9.17, 15) is 9.59 Å². The average molecular weight is 561 g/mol. The molecule has 38 heavy (non-hydrogen) atoms. The molecule has 1 atom stereocenters. The van der Waals surface area contributed by atoms with Crippen LogP contribution in [-0.4, -0.2) is 62.7 Å². The summed E-state index contributed by atoms with van der Waals surface area (Å²) in [6, 6.07) is 5.31. The molecule has 1 aliphatic heterocycles. The summed E-state index contributed by atoms with van der Waals surface area (Å²) in [4.78, 5) is 39.6. The molecule has 0 radical (unpaired) electrons. The second kappa shape index (κ2) is 11.2. The van der Waals surface area contributed by atoms with E-state index in [1.165, 1.54) is 7.11 Å². The van der Waals surface area contributed by atoms with Gasteiger partial charge in [0.15, 0.2) is 5.65 Å². The maximum Gasteiger partial charge on any atom is 0.409 e. The number of anilines is 3. The van der Waals surface area contributed by atoms with Crippen molar-refractivity contribution in [3.8, 4) is 0 Å². The number of carbonyl (C=O) groups is 2. The van der Waals surface area contributed by atoms with Gasteiger partial charge in [-0.2, -0.15) is 4.98 Å². The van der Waals surface area contributed by atoms with Gasteiger partial charge in [0.05, 0.1) is 29.0 Å². The van der Waals surface area contributed by atoms with Crippen molar-refractivity contribution in [2.75, 3.05) is 30.8 Å². The average Bonchev–Trinajstić information content (AvgIpc) is 3.27. The van der Waals surface area contributed by atoms with E-state index in [4.69, 9.17) is 43.6 Å². The highest BCUT2D eigenvalue weighted by atomic mass is 35.5. The molecule has 1 saturated carbocycles. The standard InChI is InChI=1S/C25H30Cl2N8O3/c1-38-25(37)34-11-3-4-15(13-34)30-23-29-12-19-22(33-23)35(16-9-7-14(8-10-16)21(28)36)24(31-19)32-20-17(26)5-2-6-18(20)27/h2,5-6,12,14-16H,3-4,7-11,13H2,1H3,(H2,28,36)(H,31,32)(H,29,30,33)/t14-,15?,16+. The molecule has 0 bridgehead atoms. The van der Waals surface area contributed by atoms with Crippen LogP contribution in [0, 0.1) is 5.92 Å². The number of methoxy groups -OCH3 is 1. The molecule has 5 rings (SSSR count). The number of carbonyl (C=O) groups excluding carboxylic acids is 2. The molecule has 2 amide bonds. The molecular formula is C25H30Cl2N8O3. The lowest BCUT2D eigenvalue weighted by molar-refractivity contribution is -0.122. The number of benzene rings is 1. The number of nitrogens with one attached hydrogen (secondary N) is 2. The second-order valence-electron chi connectivity index (χ2n) is 9.74. The number of ether oxygens (including phenoxy) is 1. The highest BCUT2D eigenvalue weighted by Crippen LogP contribution is 2.39. The first-order chi connectivity index (χ1) is 18.3. The number of aromatic nitrogens is 4. The Labute approximate surface area is 230 Å². The van der Waals surface area contributed by atoms with Crippen LogP contribution < -0.4 is 16.4 Å². The van der Waals surface area contributed by atoms with Gasteiger partial charge in [-0.25, -0.2) is 14.8 Å². The van der Waals surface area contributed by atoms with Crippen LogP contribution in [0.4, 0.5) is 22.4 Å².